The highest BCUT2D eigenvalue weighted by molar-refractivity contribution is 7.89. The summed E-state index contributed by atoms with van der Waals surface area (Å²) in [4.78, 5) is 21.3. The highest BCUT2D eigenvalue weighted by Crippen LogP contribution is 2.29. The first-order valence-corrected chi connectivity index (χ1v) is 7.86. The number of primary amides is 1. The van der Waals surface area contributed by atoms with Crippen molar-refractivity contribution in [1.29, 1.82) is 0 Å². The minimum Gasteiger partial charge on any atom is -0.480 e. The molecule has 0 aliphatic carbocycles. The van der Waals surface area contributed by atoms with Gasteiger partial charge in [-0.2, -0.15) is 4.72 Å². The molecule has 1 aromatic rings. The van der Waals surface area contributed by atoms with Gasteiger partial charge in [0.1, 0.15) is 10.9 Å². The third-order valence-electron chi connectivity index (χ3n) is 2.46. The molecular weight excluding hydrogens is 343 g/mol. The number of halogens is 2. The van der Waals surface area contributed by atoms with Crippen LogP contribution in [0.5, 0.6) is 0 Å². The van der Waals surface area contributed by atoms with Crippen LogP contribution in [-0.4, -0.2) is 31.4 Å². The summed E-state index contributed by atoms with van der Waals surface area (Å²) in [6, 6.07) is 2.54. The van der Waals surface area contributed by atoms with Gasteiger partial charge < -0.3 is 10.8 Å². The van der Waals surface area contributed by atoms with Crippen molar-refractivity contribution in [2.75, 3.05) is 0 Å². The standard InChI is InChI=1S/C11H12Cl2N2O5S/c12-6-2-1-3-7(13)10(6)21(19,20)15-8(11(17)18)4-5-9(14)16/h1-3,8,15H,4-5H2,(H2,14,16)(H,17,18)/t8-/m0/s1. The molecule has 1 rings (SSSR count). The number of hydrogen-bond acceptors (Lipinski definition) is 4. The van der Waals surface area contributed by atoms with E-state index in [1.807, 2.05) is 4.72 Å². The maximum absolute atomic E-state index is 12.2. The number of sulfonamides is 1. The highest BCUT2D eigenvalue weighted by Gasteiger charge is 2.28. The number of hydrogen-bond donors (Lipinski definition) is 3. The number of nitrogens with one attached hydrogen (secondary N) is 1. The Morgan fingerprint density at radius 3 is 2.24 bits per heavy atom. The van der Waals surface area contributed by atoms with E-state index in [-0.39, 0.29) is 22.9 Å². The van der Waals surface area contributed by atoms with Gasteiger partial charge in [0.05, 0.1) is 10.0 Å². The van der Waals surface area contributed by atoms with E-state index in [4.69, 9.17) is 34.0 Å². The summed E-state index contributed by atoms with van der Waals surface area (Å²) in [5, 5.41) is 8.70. The van der Waals surface area contributed by atoms with Crippen LogP contribution in [0.4, 0.5) is 0 Å². The maximum Gasteiger partial charge on any atom is 0.321 e. The quantitative estimate of drug-likeness (QED) is 0.672. The Morgan fingerprint density at radius 2 is 1.81 bits per heavy atom. The fourth-order valence-corrected chi connectivity index (χ4v) is 3.87. The van der Waals surface area contributed by atoms with Crippen LogP contribution >= 0.6 is 23.2 Å². The van der Waals surface area contributed by atoms with E-state index in [0.717, 1.165) is 0 Å². The van der Waals surface area contributed by atoms with Crippen molar-refractivity contribution in [2.45, 2.75) is 23.8 Å². The lowest BCUT2D eigenvalue weighted by molar-refractivity contribution is -0.139. The monoisotopic (exact) mass is 354 g/mol. The largest absolute Gasteiger partial charge is 0.480 e. The van der Waals surface area contributed by atoms with Crippen LogP contribution < -0.4 is 10.5 Å². The number of rotatable bonds is 7. The summed E-state index contributed by atoms with van der Waals surface area (Å²) < 4.78 is 26.3. The number of benzene rings is 1. The van der Waals surface area contributed by atoms with E-state index in [0.29, 0.717) is 0 Å². The molecule has 1 aromatic carbocycles. The van der Waals surface area contributed by atoms with Crippen LogP contribution in [0, 0.1) is 0 Å². The zero-order valence-corrected chi connectivity index (χ0v) is 12.9. The molecule has 0 saturated heterocycles. The first-order valence-electron chi connectivity index (χ1n) is 5.62. The molecule has 0 heterocycles. The number of aliphatic carboxylic acids is 1. The molecule has 0 aliphatic heterocycles. The third kappa shape index (κ3) is 4.85. The minimum atomic E-state index is -4.26. The smallest absolute Gasteiger partial charge is 0.321 e. The summed E-state index contributed by atoms with van der Waals surface area (Å²) in [6.45, 7) is 0. The molecule has 0 spiro atoms. The molecule has 1 atom stereocenters. The molecule has 0 aromatic heterocycles. The van der Waals surface area contributed by atoms with Gasteiger partial charge in [0.15, 0.2) is 0 Å². The third-order valence-corrected chi connectivity index (χ3v) is 4.89. The molecule has 116 valence electrons. The molecule has 21 heavy (non-hydrogen) atoms. The molecule has 0 unspecified atom stereocenters. The number of carbonyl (C=O) groups is 2. The van der Waals surface area contributed by atoms with Gasteiger partial charge in [0, 0.05) is 6.42 Å². The Morgan fingerprint density at radius 1 is 1.29 bits per heavy atom. The van der Waals surface area contributed by atoms with E-state index in [1.165, 1.54) is 18.2 Å². The van der Waals surface area contributed by atoms with E-state index < -0.39 is 32.8 Å². The summed E-state index contributed by atoms with van der Waals surface area (Å²) in [6.07, 6.45) is -0.568. The molecule has 10 heteroatoms. The Kier molecular flexibility index (Phi) is 5.97. The SMILES string of the molecule is NC(=O)CC[C@H](NS(=O)(=O)c1c(Cl)cccc1Cl)C(=O)O. The second-order valence-corrected chi connectivity index (χ2v) is 6.53. The second-order valence-electron chi connectivity index (χ2n) is 4.07. The average molecular weight is 355 g/mol. The number of carboxylic acids is 1. The van der Waals surface area contributed by atoms with Crippen LogP contribution in [0.1, 0.15) is 12.8 Å². The van der Waals surface area contributed by atoms with Gasteiger partial charge in [0.2, 0.25) is 15.9 Å². The fourth-order valence-electron chi connectivity index (χ4n) is 1.50. The van der Waals surface area contributed by atoms with E-state index >= 15 is 0 Å². The number of nitrogens with two attached hydrogens (primary N) is 1. The first-order chi connectivity index (χ1) is 9.65. The fraction of sp³-hybridized carbons (Fsp3) is 0.273. The lowest BCUT2D eigenvalue weighted by Crippen LogP contribution is -2.41. The summed E-state index contributed by atoms with van der Waals surface area (Å²) in [5.74, 6) is -2.18. The Balaban J connectivity index is 3.07. The molecule has 0 bridgehead atoms. The van der Waals surface area contributed by atoms with Gasteiger partial charge in [-0.1, -0.05) is 29.3 Å². The number of carboxylic acid groups (broad SMARTS) is 1. The van der Waals surface area contributed by atoms with Gasteiger partial charge in [-0.25, -0.2) is 8.42 Å². The van der Waals surface area contributed by atoms with Gasteiger partial charge >= 0.3 is 5.97 Å². The first kappa shape index (κ1) is 17.7. The maximum atomic E-state index is 12.2. The predicted molar refractivity (Wildman–Crippen MR) is 76.6 cm³/mol. The van der Waals surface area contributed by atoms with Crippen molar-refractivity contribution in [3.8, 4) is 0 Å². The van der Waals surface area contributed by atoms with Crippen LogP contribution in [0.3, 0.4) is 0 Å². The molecule has 4 N–H and O–H groups in total. The van der Waals surface area contributed by atoms with Crippen molar-refractivity contribution >= 4 is 45.1 Å². The normalized spacial score (nSPS) is 12.9. The van der Waals surface area contributed by atoms with Crippen LogP contribution in [-0.2, 0) is 19.6 Å². The summed E-state index contributed by atoms with van der Waals surface area (Å²) in [7, 11) is -4.26. The zero-order valence-electron chi connectivity index (χ0n) is 10.5. The topological polar surface area (TPSA) is 127 Å². The van der Waals surface area contributed by atoms with Gasteiger partial charge in [-0.3, -0.25) is 9.59 Å². The Bertz CT molecular complexity index is 642. The second kappa shape index (κ2) is 7.08. The van der Waals surface area contributed by atoms with Gasteiger partial charge in [0.25, 0.3) is 0 Å². The van der Waals surface area contributed by atoms with Crippen molar-refractivity contribution in [2.24, 2.45) is 5.73 Å². The Hall–Kier alpha value is -1.35. The van der Waals surface area contributed by atoms with Crippen LogP contribution in [0.2, 0.25) is 10.0 Å². The van der Waals surface area contributed by atoms with E-state index in [9.17, 15) is 18.0 Å². The molecule has 7 nitrogen and oxygen atoms in total. The number of amides is 1. The van der Waals surface area contributed by atoms with Crippen molar-refractivity contribution in [3.05, 3.63) is 28.2 Å². The lowest BCUT2D eigenvalue weighted by Gasteiger charge is -2.15. The summed E-state index contributed by atoms with van der Waals surface area (Å²) >= 11 is 11.6. The van der Waals surface area contributed by atoms with Crippen LogP contribution in [0.25, 0.3) is 0 Å². The molecular formula is C11H12Cl2N2O5S. The lowest BCUT2D eigenvalue weighted by atomic mass is 10.2. The molecule has 0 fully saturated rings. The van der Waals surface area contributed by atoms with E-state index in [1.54, 1.807) is 0 Å². The molecule has 1 amide bonds. The minimum absolute atomic E-state index is 0.144. The van der Waals surface area contributed by atoms with Crippen molar-refractivity contribution in [1.82, 2.24) is 4.72 Å². The van der Waals surface area contributed by atoms with Crippen molar-refractivity contribution < 1.29 is 23.1 Å². The average Bonchev–Trinajstić information content (AvgIpc) is 2.33. The van der Waals surface area contributed by atoms with Crippen molar-refractivity contribution in [3.63, 3.8) is 0 Å². The molecule has 0 radical (unpaired) electrons. The predicted octanol–water partition coefficient (Wildman–Crippen LogP) is 0.990. The van der Waals surface area contributed by atoms with Gasteiger partial charge in [-0.05, 0) is 18.6 Å². The Labute approximate surface area is 131 Å². The number of carbonyl (C=O) groups excluding carboxylic acids is 1. The van der Waals surface area contributed by atoms with Crippen LogP contribution in [0.15, 0.2) is 23.1 Å². The van der Waals surface area contributed by atoms with E-state index in [2.05, 4.69) is 0 Å². The highest BCUT2D eigenvalue weighted by atomic mass is 35.5. The molecule has 0 aliphatic rings. The summed E-state index contributed by atoms with van der Waals surface area (Å²) in [5.41, 5.74) is 4.91. The zero-order chi connectivity index (χ0) is 16.2. The molecule has 0 saturated carbocycles. The van der Waals surface area contributed by atoms with Gasteiger partial charge in [-0.15, -0.1) is 0 Å².